The molecule has 8 heteroatoms. The lowest BCUT2D eigenvalue weighted by molar-refractivity contribution is -0.122. The molecule has 1 aromatic heterocycles. The van der Waals surface area contributed by atoms with Crippen LogP contribution in [0.5, 0.6) is 0 Å². The van der Waals surface area contributed by atoms with Crippen LogP contribution in [0, 0.1) is 5.92 Å². The molecular weight excluding hydrogens is 400 g/mol. The number of carbonyl (C=O) groups is 3. The first kappa shape index (κ1) is 20.3. The molecule has 0 aliphatic carbocycles. The van der Waals surface area contributed by atoms with Crippen molar-refractivity contribution in [3.05, 3.63) is 70.6 Å². The number of anilines is 2. The molecule has 1 atom stereocenters. The second-order valence-corrected chi connectivity index (χ2v) is 7.17. The highest BCUT2D eigenvalue weighted by Crippen LogP contribution is 2.27. The van der Waals surface area contributed by atoms with Gasteiger partial charge in [-0.05, 0) is 55.5 Å². The Kier molecular flexibility index (Phi) is 5.53. The molecule has 1 aliphatic heterocycles. The molecule has 0 bridgehead atoms. The second kappa shape index (κ2) is 8.43. The maximum atomic E-state index is 12.7. The fourth-order valence-corrected chi connectivity index (χ4v) is 3.52. The van der Waals surface area contributed by atoms with Crippen molar-refractivity contribution in [2.24, 2.45) is 5.92 Å². The number of benzene rings is 2. The third kappa shape index (κ3) is 4.32. The van der Waals surface area contributed by atoms with Gasteiger partial charge in [-0.1, -0.05) is 0 Å². The number of rotatable bonds is 5. The Labute approximate surface area is 177 Å². The largest absolute Gasteiger partial charge is 0.462 e. The Hall–Kier alpha value is -3.94. The highest BCUT2D eigenvalue weighted by Gasteiger charge is 2.35. The van der Waals surface area contributed by atoms with Gasteiger partial charge in [0.05, 0.1) is 18.1 Å². The van der Waals surface area contributed by atoms with E-state index in [-0.39, 0.29) is 31.4 Å². The molecule has 2 heterocycles. The number of amides is 2. The summed E-state index contributed by atoms with van der Waals surface area (Å²) in [5.74, 6) is -1.37. The molecule has 158 valence electrons. The van der Waals surface area contributed by atoms with Gasteiger partial charge in [-0.2, -0.15) is 0 Å². The molecule has 1 aliphatic rings. The van der Waals surface area contributed by atoms with Crippen molar-refractivity contribution in [1.82, 2.24) is 0 Å². The third-order valence-corrected chi connectivity index (χ3v) is 5.07. The lowest BCUT2D eigenvalue weighted by Crippen LogP contribution is -2.28. The molecule has 4 rings (SSSR count). The Balaban J connectivity index is 1.44. The van der Waals surface area contributed by atoms with E-state index in [9.17, 15) is 19.2 Å². The van der Waals surface area contributed by atoms with Gasteiger partial charge in [0, 0.05) is 35.8 Å². The van der Waals surface area contributed by atoms with Crippen LogP contribution in [0.4, 0.5) is 11.4 Å². The fourth-order valence-electron chi connectivity index (χ4n) is 3.52. The molecule has 0 radical (unpaired) electrons. The SMILES string of the molecule is CCOC(=O)c1ccc(N2CC(C(=O)Nc3ccc4oc(=O)ccc4c3)CC2=O)cc1. The Bertz CT molecular complexity index is 1210. The molecule has 0 saturated carbocycles. The topological polar surface area (TPSA) is 106 Å². The first-order valence-electron chi connectivity index (χ1n) is 9.87. The molecular formula is C23H20N2O6. The number of ether oxygens (including phenoxy) is 1. The summed E-state index contributed by atoms with van der Waals surface area (Å²) < 4.78 is 10.0. The highest BCUT2D eigenvalue weighted by molar-refractivity contribution is 6.04. The van der Waals surface area contributed by atoms with Crippen LogP contribution in [0.15, 0.2) is 63.8 Å². The fraction of sp³-hybridized carbons (Fsp3) is 0.217. The molecule has 3 aromatic rings. The average molecular weight is 420 g/mol. The molecule has 8 nitrogen and oxygen atoms in total. The molecule has 1 fully saturated rings. The molecule has 2 amide bonds. The monoisotopic (exact) mass is 420 g/mol. The molecule has 31 heavy (non-hydrogen) atoms. The van der Waals surface area contributed by atoms with E-state index in [1.807, 2.05) is 0 Å². The predicted molar refractivity (Wildman–Crippen MR) is 114 cm³/mol. The first-order chi connectivity index (χ1) is 14.9. The van der Waals surface area contributed by atoms with E-state index >= 15 is 0 Å². The van der Waals surface area contributed by atoms with Crippen molar-refractivity contribution in [1.29, 1.82) is 0 Å². The lowest BCUT2D eigenvalue weighted by atomic mass is 10.1. The van der Waals surface area contributed by atoms with Crippen molar-refractivity contribution in [2.75, 3.05) is 23.4 Å². The van der Waals surface area contributed by atoms with Crippen LogP contribution in [-0.2, 0) is 14.3 Å². The van der Waals surface area contributed by atoms with Crippen molar-refractivity contribution in [2.45, 2.75) is 13.3 Å². The summed E-state index contributed by atoms with van der Waals surface area (Å²) in [6.45, 7) is 2.26. The molecule has 1 saturated heterocycles. The van der Waals surface area contributed by atoms with Gasteiger partial charge in [-0.3, -0.25) is 9.59 Å². The summed E-state index contributed by atoms with van der Waals surface area (Å²) in [6.07, 6.45) is 0.0912. The average Bonchev–Trinajstić information content (AvgIpc) is 3.16. The lowest BCUT2D eigenvalue weighted by Gasteiger charge is -2.17. The van der Waals surface area contributed by atoms with E-state index in [1.165, 1.54) is 11.0 Å². The number of fused-ring (bicyclic) bond motifs is 1. The number of nitrogens with zero attached hydrogens (tertiary/aromatic N) is 1. The van der Waals surface area contributed by atoms with E-state index in [0.717, 1.165) is 0 Å². The van der Waals surface area contributed by atoms with Crippen LogP contribution in [0.25, 0.3) is 11.0 Å². The van der Waals surface area contributed by atoms with Crippen molar-refractivity contribution < 1.29 is 23.5 Å². The Morgan fingerprint density at radius 1 is 1.10 bits per heavy atom. The van der Waals surface area contributed by atoms with Gasteiger partial charge < -0.3 is 19.4 Å². The van der Waals surface area contributed by atoms with Crippen LogP contribution in [-0.4, -0.2) is 30.9 Å². The van der Waals surface area contributed by atoms with E-state index in [2.05, 4.69) is 5.32 Å². The van der Waals surface area contributed by atoms with E-state index in [4.69, 9.17) is 9.15 Å². The minimum Gasteiger partial charge on any atom is -0.462 e. The summed E-state index contributed by atoms with van der Waals surface area (Å²) in [5.41, 5.74) is 1.56. The van der Waals surface area contributed by atoms with Gasteiger partial charge in [-0.15, -0.1) is 0 Å². The minimum absolute atomic E-state index is 0.0912. The zero-order chi connectivity index (χ0) is 22.0. The molecule has 0 spiro atoms. The summed E-state index contributed by atoms with van der Waals surface area (Å²) in [6, 6.07) is 14.4. The Morgan fingerprint density at radius 2 is 1.87 bits per heavy atom. The number of hydrogen-bond donors (Lipinski definition) is 1. The third-order valence-electron chi connectivity index (χ3n) is 5.07. The summed E-state index contributed by atoms with van der Waals surface area (Å²) in [5, 5.41) is 3.51. The van der Waals surface area contributed by atoms with Gasteiger partial charge in [-0.25, -0.2) is 9.59 Å². The first-order valence-corrected chi connectivity index (χ1v) is 9.87. The van der Waals surface area contributed by atoms with Crippen molar-refractivity contribution >= 4 is 40.1 Å². The maximum absolute atomic E-state index is 12.7. The van der Waals surface area contributed by atoms with Gasteiger partial charge >= 0.3 is 11.6 Å². The van der Waals surface area contributed by atoms with Gasteiger partial charge in [0.25, 0.3) is 0 Å². The Morgan fingerprint density at radius 3 is 2.61 bits per heavy atom. The zero-order valence-electron chi connectivity index (χ0n) is 16.8. The van der Waals surface area contributed by atoms with Gasteiger partial charge in [0.2, 0.25) is 11.8 Å². The summed E-state index contributed by atoms with van der Waals surface area (Å²) in [7, 11) is 0. The van der Waals surface area contributed by atoms with E-state index in [1.54, 1.807) is 55.5 Å². The summed E-state index contributed by atoms with van der Waals surface area (Å²) in [4.78, 5) is 49.8. The van der Waals surface area contributed by atoms with Crippen LogP contribution >= 0.6 is 0 Å². The zero-order valence-corrected chi connectivity index (χ0v) is 16.8. The van der Waals surface area contributed by atoms with Crippen LogP contribution in [0.1, 0.15) is 23.7 Å². The highest BCUT2D eigenvalue weighted by atomic mass is 16.5. The molecule has 2 aromatic carbocycles. The number of nitrogens with one attached hydrogen (secondary N) is 1. The van der Waals surface area contributed by atoms with Gasteiger partial charge in [0.15, 0.2) is 0 Å². The standard InChI is InChI=1S/C23H20N2O6/c1-2-30-23(29)14-3-7-18(8-4-14)25-13-16(12-20(25)26)22(28)24-17-6-9-19-15(11-17)5-10-21(27)31-19/h3-11,16H,2,12-13H2,1H3,(H,24,28). The quantitative estimate of drug-likeness (QED) is 0.503. The number of hydrogen-bond acceptors (Lipinski definition) is 6. The second-order valence-electron chi connectivity index (χ2n) is 7.17. The maximum Gasteiger partial charge on any atom is 0.338 e. The molecule has 1 unspecified atom stereocenters. The van der Waals surface area contributed by atoms with Crippen molar-refractivity contribution in [3.8, 4) is 0 Å². The smallest absolute Gasteiger partial charge is 0.338 e. The number of carbonyl (C=O) groups excluding carboxylic acids is 3. The van der Waals surface area contributed by atoms with Crippen molar-refractivity contribution in [3.63, 3.8) is 0 Å². The van der Waals surface area contributed by atoms with E-state index in [0.29, 0.717) is 27.9 Å². The van der Waals surface area contributed by atoms with Gasteiger partial charge in [0.1, 0.15) is 5.58 Å². The van der Waals surface area contributed by atoms with E-state index < -0.39 is 17.5 Å². The minimum atomic E-state index is -0.512. The normalized spacial score (nSPS) is 15.8. The van der Waals surface area contributed by atoms with Crippen LogP contribution in [0.2, 0.25) is 0 Å². The summed E-state index contributed by atoms with van der Waals surface area (Å²) >= 11 is 0. The molecule has 1 N–H and O–H groups in total. The number of esters is 1. The van der Waals surface area contributed by atoms with Crippen LogP contribution < -0.4 is 15.8 Å². The predicted octanol–water partition coefficient (Wildman–Crippen LogP) is 2.96. The van der Waals surface area contributed by atoms with Crippen LogP contribution in [0.3, 0.4) is 0 Å².